The van der Waals surface area contributed by atoms with Crippen molar-refractivity contribution in [1.82, 2.24) is 10.3 Å². The molecular formula is C21H24N2O. The third kappa shape index (κ3) is 2.69. The van der Waals surface area contributed by atoms with Gasteiger partial charge in [-0.05, 0) is 42.6 Å². The van der Waals surface area contributed by atoms with Gasteiger partial charge in [0.2, 0.25) is 0 Å². The monoisotopic (exact) mass is 320 g/mol. The number of rotatable bonds is 4. The highest BCUT2D eigenvalue weighted by molar-refractivity contribution is 5.99. The highest BCUT2D eigenvalue weighted by Crippen LogP contribution is 2.38. The van der Waals surface area contributed by atoms with Crippen LogP contribution in [0.15, 0.2) is 42.5 Å². The predicted octanol–water partition coefficient (Wildman–Crippen LogP) is 4.31. The number of fused-ring (bicyclic) bond motifs is 3. The second-order valence-corrected chi connectivity index (χ2v) is 6.40. The fourth-order valence-electron chi connectivity index (χ4n) is 3.66. The number of para-hydroxylation sites is 1. The first kappa shape index (κ1) is 15.3. The van der Waals surface area contributed by atoms with Crippen molar-refractivity contribution in [3.8, 4) is 16.9 Å². The molecule has 0 fully saturated rings. The predicted molar refractivity (Wildman–Crippen MR) is 99.8 cm³/mol. The molecule has 24 heavy (non-hydrogen) atoms. The molecule has 0 amide bonds. The summed E-state index contributed by atoms with van der Waals surface area (Å²) < 4.78 is 6.01. The van der Waals surface area contributed by atoms with Gasteiger partial charge in [0.1, 0.15) is 5.75 Å². The standard InChI is InChI=1S/C21H24N2O/c1-2-14-24-20-9-4-3-6-15(20)16-7-5-8-19-21(16)17-10-12-22-13-11-18(17)23-19/h3-9,22-23H,2,10-14H2,1H3. The van der Waals surface area contributed by atoms with E-state index in [-0.39, 0.29) is 0 Å². The van der Waals surface area contributed by atoms with Crippen molar-refractivity contribution in [2.24, 2.45) is 0 Å². The van der Waals surface area contributed by atoms with Gasteiger partial charge in [-0.3, -0.25) is 0 Å². The van der Waals surface area contributed by atoms with Gasteiger partial charge in [0.25, 0.3) is 0 Å². The molecule has 2 aromatic carbocycles. The molecule has 0 atom stereocenters. The first-order valence-corrected chi connectivity index (χ1v) is 8.94. The topological polar surface area (TPSA) is 37.0 Å². The number of H-pyrrole nitrogens is 1. The van der Waals surface area contributed by atoms with E-state index in [0.29, 0.717) is 0 Å². The van der Waals surface area contributed by atoms with Crippen molar-refractivity contribution in [2.75, 3.05) is 19.7 Å². The number of benzene rings is 2. The maximum atomic E-state index is 6.01. The number of aromatic amines is 1. The molecule has 2 heterocycles. The number of aromatic nitrogens is 1. The van der Waals surface area contributed by atoms with Gasteiger partial charge in [-0.15, -0.1) is 0 Å². The van der Waals surface area contributed by atoms with Crippen LogP contribution in [-0.2, 0) is 12.8 Å². The molecule has 3 heteroatoms. The Labute approximate surface area is 143 Å². The summed E-state index contributed by atoms with van der Waals surface area (Å²) in [6, 6.07) is 15.0. The Morgan fingerprint density at radius 3 is 2.71 bits per heavy atom. The average Bonchev–Trinajstić information content (AvgIpc) is 2.82. The minimum absolute atomic E-state index is 0.752. The van der Waals surface area contributed by atoms with E-state index in [2.05, 4.69) is 59.7 Å². The summed E-state index contributed by atoms with van der Waals surface area (Å²) in [5, 5.41) is 4.86. The van der Waals surface area contributed by atoms with Crippen LogP contribution in [0.2, 0.25) is 0 Å². The molecule has 2 N–H and O–H groups in total. The Morgan fingerprint density at radius 1 is 0.958 bits per heavy atom. The molecule has 0 bridgehead atoms. The van der Waals surface area contributed by atoms with Gasteiger partial charge in [0.05, 0.1) is 6.61 Å². The van der Waals surface area contributed by atoms with Crippen molar-refractivity contribution >= 4 is 10.9 Å². The molecule has 0 saturated heterocycles. The van der Waals surface area contributed by atoms with Gasteiger partial charge >= 0.3 is 0 Å². The van der Waals surface area contributed by atoms with Gasteiger partial charge in [-0.1, -0.05) is 37.3 Å². The zero-order chi connectivity index (χ0) is 16.4. The summed E-state index contributed by atoms with van der Waals surface area (Å²) in [5.74, 6) is 0.980. The van der Waals surface area contributed by atoms with E-state index in [1.165, 1.54) is 33.3 Å². The van der Waals surface area contributed by atoms with E-state index in [9.17, 15) is 0 Å². The van der Waals surface area contributed by atoms with Gasteiger partial charge < -0.3 is 15.0 Å². The summed E-state index contributed by atoms with van der Waals surface area (Å²) in [4.78, 5) is 3.65. The van der Waals surface area contributed by atoms with Crippen LogP contribution >= 0.6 is 0 Å². The number of ether oxygens (including phenoxy) is 1. The summed E-state index contributed by atoms with van der Waals surface area (Å²) >= 11 is 0. The van der Waals surface area contributed by atoms with Crippen LogP contribution in [0.1, 0.15) is 24.6 Å². The van der Waals surface area contributed by atoms with E-state index in [0.717, 1.165) is 44.7 Å². The van der Waals surface area contributed by atoms with Crippen LogP contribution in [0.3, 0.4) is 0 Å². The minimum atomic E-state index is 0.752. The van der Waals surface area contributed by atoms with Gasteiger partial charge in [-0.25, -0.2) is 0 Å². The van der Waals surface area contributed by atoms with Crippen molar-refractivity contribution in [2.45, 2.75) is 26.2 Å². The summed E-state index contributed by atoms with van der Waals surface area (Å²) in [6.07, 6.45) is 3.16. The lowest BCUT2D eigenvalue weighted by Crippen LogP contribution is -2.16. The Kier molecular flexibility index (Phi) is 4.26. The lowest BCUT2D eigenvalue weighted by Gasteiger charge is -2.13. The average molecular weight is 320 g/mol. The van der Waals surface area contributed by atoms with Crippen molar-refractivity contribution in [3.05, 3.63) is 53.7 Å². The van der Waals surface area contributed by atoms with E-state index < -0.39 is 0 Å². The SMILES string of the molecule is CCCOc1ccccc1-c1cccc2[nH]c3c(c12)CCNCC3. The maximum Gasteiger partial charge on any atom is 0.127 e. The molecule has 0 aliphatic carbocycles. The fraction of sp³-hybridized carbons (Fsp3) is 0.333. The zero-order valence-corrected chi connectivity index (χ0v) is 14.2. The third-order valence-corrected chi connectivity index (χ3v) is 4.76. The van der Waals surface area contributed by atoms with Crippen LogP contribution in [0, 0.1) is 0 Å². The van der Waals surface area contributed by atoms with Crippen LogP contribution in [0.25, 0.3) is 22.0 Å². The lowest BCUT2D eigenvalue weighted by atomic mass is 9.96. The van der Waals surface area contributed by atoms with Crippen molar-refractivity contribution in [3.63, 3.8) is 0 Å². The molecule has 124 valence electrons. The smallest absolute Gasteiger partial charge is 0.127 e. The number of nitrogens with one attached hydrogen (secondary N) is 2. The maximum absolute atomic E-state index is 6.01. The second-order valence-electron chi connectivity index (χ2n) is 6.40. The van der Waals surface area contributed by atoms with Crippen LogP contribution in [-0.4, -0.2) is 24.7 Å². The number of hydrogen-bond donors (Lipinski definition) is 2. The number of hydrogen-bond acceptors (Lipinski definition) is 2. The second kappa shape index (κ2) is 6.70. The van der Waals surface area contributed by atoms with E-state index in [4.69, 9.17) is 4.74 Å². The lowest BCUT2D eigenvalue weighted by molar-refractivity contribution is 0.319. The summed E-state index contributed by atoms with van der Waals surface area (Å²) in [5.41, 5.74) is 6.56. The quantitative estimate of drug-likeness (QED) is 0.751. The van der Waals surface area contributed by atoms with E-state index in [1.807, 2.05) is 0 Å². The van der Waals surface area contributed by atoms with Gasteiger partial charge in [0.15, 0.2) is 0 Å². The highest BCUT2D eigenvalue weighted by atomic mass is 16.5. The third-order valence-electron chi connectivity index (χ3n) is 4.76. The normalized spacial score (nSPS) is 14.4. The Morgan fingerprint density at radius 2 is 1.79 bits per heavy atom. The van der Waals surface area contributed by atoms with Gasteiger partial charge in [0, 0.05) is 35.1 Å². The van der Waals surface area contributed by atoms with Gasteiger partial charge in [-0.2, -0.15) is 0 Å². The zero-order valence-electron chi connectivity index (χ0n) is 14.2. The van der Waals surface area contributed by atoms with E-state index >= 15 is 0 Å². The Balaban J connectivity index is 1.90. The molecule has 1 aliphatic rings. The Hall–Kier alpha value is -2.26. The molecule has 0 radical (unpaired) electrons. The van der Waals surface area contributed by atoms with Crippen molar-refractivity contribution in [1.29, 1.82) is 0 Å². The molecule has 1 aliphatic heterocycles. The molecule has 3 nitrogen and oxygen atoms in total. The van der Waals surface area contributed by atoms with E-state index in [1.54, 1.807) is 0 Å². The molecule has 0 unspecified atom stereocenters. The van der Waals surface area contributed by atoms with Crippen LogP contribution in [0.4, 0.5) is 0 Å². The molecular weight excluding hydrogens is 296 g/mol. The molecule has 3 aromatic rings. The molecule has 1 aromatic heterocycles. The van der Waals surface area contributed by atoms with Crippen molar-refractivity contribution < 1.29 is 4.74 Å². The summed E-state index contributed by atoms with van der Waals surface area (Å²) in [7, 11) is 0. The fourth-order valence-corrected chi connectivity index (χ4v) is 3.66. The highest BCUT2D eigenvalue weighted by Gasteiger charge is 2.18. The minimum Gasteiger partial charge on any atom is -0.493 e. The largest absolute Gasteiger partial charge is 0.493 e. The molecule has 0 spiro atoms. The first-order chi connectivity index (χ1) is 11.9. The molecule has 0 saturated carbocycles. The molecule has 4 rings (SSSR count). The Bertz CT molecular complexity index is 850. The van der Waals surface area contributed by atoms with Crippen LogP contribution < -0.4 is 10.1 Å². The van der Waals surface area contributed by atoms with Crippen LogP contribution in [0.5, 0.6) is 5.75 Å². The summed E-state index contributed by atoms with van der Waals surface area (Å²) in [6.45, 7) is 4.98. The first-order valence-electron chi connectivity index (χ1n) is 8.94.